The largest absolute Gasteiger partial charge is 1.00 e. The number of unbranched alkanes of at least 4 members (excludes halogenated alkanes) is 12. The minimum atomic E-state index is -0.905. The van der Waals surface area contributed by atoms with E-state index in [4.69, 9.17) is 0 Å². The first-order valence-electron chi connectivity index (χ1n) is 7.97. The summed E-state index contributed by atoms with van der Waals surface area (Å²) in [5, 5.41) is 10.2. The summed E-state index contributed by atoms with van der Waals surface area (Å²) in [5.41, 5.74) is 0. The van der Waals surface area contributed by atoms with Crippen molar-refractivity contribution in [3.8, 4) is 0 Å². The van der Waals surface area contributed by atoms with Gasteiger partial charge in [0, 0.05) is 5.97 Å². The van der Waals surface area contributed by atoms with Gasteiger partial charge in [0.25, 0.3) is 0 Å². The van der Waals surface area contributed by atoms with Crippen LogP contribution in [0.25, 0.3) is 0 Å². The summed E-state index contributed by atoms with van der Waals surface area (Å²) >= 11 is 0. The SMILES string of the molecule is CCCCCCCCCCCCCCCC(=O)[O-].[Mg+]. The quantitative estimate of drug-likeness (QED) is 0.358. The maximum atomic E-state index is 10.2. The zero-order chi connectivity index (χ0) is 13.5. The molecule has 0 aromatic heterocycles. The van der Waals surface area contributed by atoms with E-state index in [1.807, 2.05) is 0 Å². The van der Waals surface area contributed by atoms with Gasteiger partial charge >= 0.3 is 23.1 Å². The number of carbonyl (C=O) groups excluding carboxylic acids is 1. The van der Waals surface area contributed by atoms with Gasteiger partial charge in [-0.3, -0.25) is 0 Å². The predicted octanol–water partition coefficient (Wildman–Crippen LogP) is 3.84. The van der Waals surface area contributed by atoms with Crippen molar-refractivity contribution in [1.29, 1.82) is 0 Å². The molecule has 0 aliphatic carbocycles. The molecular weight excluding hydrogens is 248 g/mol. The average Bonchev–Trinajstić information content (AvgIpc) is 2.34. The van der Waals surface area contributed by atoms with Crippen molar-refractivity contribution in [3.63, 3.8) is 0 Å². The molecule has 19 heavy (non-hydrogen) atoms. The molecule has 109 valence electrons. The Morgan fingerprint density at radius 1 is 0.684 bits per heavy atom. The maximum absolute atomic E-state index is 10.2. The maximum Gasteiger partial charge on any atom is 1.00 e. The molecule has 0 unspecified atom stereocenters. The predicted molar refractivity (Wildman–Crippen MR) is 81.1 cm³/mol. The van der Waals surface area contributed by atoms with Crippen LogP contribution in [0.5, 0.6) is 0 Å². The number of rotatable bonds is 14. The summed E-state index contributed by atoms with van der Waals surface area (Å²) in [6, 6.07) is 0. The zero-order valence-electron chi connectivity index (χ0n) is 12.9. The fourth-order valence-electron chi connectivity index (χ4n) is 2.29. The normalized spacial score (nSPS) is 10.2. The number of carboxylic acids is 1. The molecule has 0 rings (SSSR count). The average molecular weight is 280 g/mol. The van der Waals surface area contributed by atoms with Crippen molar-refractivity contribution in [1.82, 2.24) is 0 Å². The summed E-state index contributed by atoms with van der Waals surface area (Å²) in [6.45, 7) is 2.26. The Balaban J connectivity index is 0. The second-order valence-electron chi connectivity index (χ2n) is 5.36. The van der Waals surface area contributed by atoms with Gasteiger partial charge < -0.3 is 9.90 Å². The molecule has 0 atom stereocenters. The fourth-order valence-corrected chi connectivity index (χ4v) is 2.29. The van der Waals surface area contributed by atoms with Gasteiger partial charge in [0.15, 0.2) is 0 Å². The van der Waals surface area contributed by atoms with E-state index in [1.165, 1.54) is 70.6 Å². The van der Waals surface area contributed by atoms with Crippen LogP contribution in [0, 0.1) is 0 Å². The summed E-state index contributed by atoms with van der Waals surface area (Å²) in [6.07, 6.45) is 16.9. The minimum Gasteiger partial charge on any atom is -0.550 e. The third kappa shape index (κ3) is 20.7. The van der Waals surface area contributed by atoms with Crippen molar-refractivity contribution >= 4 is 29.0 Å². The Morgan fingerprint density at radius 3 is 1.32 bits per heavy atom. The Hall–Kier alpha value is 0.236. The van der Waals surface area contributed by atoms with Crippen molar-refractivity contribution in [2.45, 2.75) is 96.8 Å². The third-order valence-corrected chi connectivity index (χ3v) is 3.48. The molecule has 0 fully saturated rings. The number of hydrogen-bond acceptors (Lipinski definition) is 2. The minimum absolute atomic E-state index is 0. The third-order valence-electron chi connectivity index (χ3n) is 3.48. The molecule has 2 nitrogen and oxygen atoms in total. The summed E-state index contributed by atoms with van der Waals surface area (Å²) in [4.78, 5) is 10.2. The van der Waals surface area contributed by atoms with Gasteiger partial charge in [-0.1, -0.05) is 84.0 Å². The molecule has 0 aliphatic heterocycles. The van der Waals surface area contributed by atoms with Crippen LogP contribution in [0.15, 0.2) is 0 Å². The molecule has 1 radical (unpaired) electrons. The molecule has 0 bridgehead atoms. The second-order valence-corrected chi connectivity index (χ2v) is 5.36. The fraction of sp³-hybridized carbons (Fsp3) is 0.938. The van der Waals surface area contributed by atoms with E-state index in [0.29, 0.717) is 0 Å². The van der Waals surface area contributed by atoms with Crippen LogP contribution in [0.2, 0.25) is 0 Å². The van der Waals surface area contributed by atoms with Crippen molar-refractivity contribution in [2.75, 3.05) is 0 Å². The van der Waals surface area contributed by atoms with Crippen LogP contribution in [-0.2, 0) is 4.79 Å². The molecule has 0 aromatic rings. The van der Waals surface area contributed by atoms with Crippen LogP contribution in [0.1, 0.15) is 96.8 Å². The summed E-state index contributed by atoms with van der Waals surface area (Å²) < 4.78 is 0. The van der Waals surface area contributed by atoms with Gasteiger partial charge in [0.1, 0.15) is 0 Å². The Bertz CT molecular complexity index is 184. The number of hydrogen-bond donors (Lipinski definition) is 0. The van der Waals surface area contributed by atoms with Gasteiger partial charge in [-0.2, -0.15) is 0 Å². The molecule has 0 saturated carbocycles. The Kier molecular flexibility index (Phi) is 20.7. The molecule has 0 aliphatic rings. The molecule has 0 amide bonds. The number of aliphatic carboxylic acids is 1. The van der Waals surface area contributed by atoms with E-state index in [2.05, 4.69) is 6.92 Å². The first kappa shape index (κ1) is 21.5. The molecule has 0 heterocycles. The first-order valence-corrected chi connectivity index (χ1v) is 7.97. The van der Waals surface area contributed by atoms with Crippen molar-refractivity contribution in [2.24, 2.45) is 0 Å². The van der Waals surface area contributed by atoms with Crippen molar-refractivity contribution in [3.05, 3.63) is 0 Å². The molecule has 0 spiro atoms. The van der Waals surface area contributed by atoms with Gasteiger partial charge in [0.05, 0.1) is 0 Å². The smallest absolute Gasteiger partial charge is 0.550 e. The van der Waals surface area contributed by atoms with Crippen LogP contribution < -0.4 is 5.11 Å². The van der Waals surface area contributed by atoms with E-state index in [-0.39, 0.29) is 29.5 Å². The summed E-state index contributed by atoms with van der Waals surface area (Å²) in [7, 11) is 0. The van der Waals surface area contributed by atoms with Crippen LogP contribution in [-0.4, -0.2) is 29.0 Å². The van der Waals surface area contributed by atoms with Crippen LogP contribution in [0.3, 0.4) is 0 Å². The van der Waals surface area contributed by atoms with E-state index in [9.17, 15) is 9.90 Å². The summed E-state index contributed by atoms with van der Waals surface area (Å²) in [5.74, 6) is -0.905. The van der Waals surface area contributed by atoms with Crippen LogP contribution >= 0.6 is 0 Å². The van der Waals surface area contributed by atoms with E-state index in [1.54, 1.807) is 0 Å². The molecule has 0 aromatic carbocycles. The zero-order valence-corrected chi connectivity index (χ0v) is 14.3. The van der Waals surface area contributed by atoms with Gasteiger partial charge in [0.2, 0.25) is 0 Å². The van der Waals surface area contributed by atoms with E-state index in [0.717, 1.165) is 12.8 Å². The van der Waals surface area contributed by atoms with Gasteiger partial charge in [-0.15, -0.1) is 0 Å². The Labute approximate surface area is 135 Å². The molecule has 0 N–H and O–H groups in total. The monoisotopic (exact) mass is 279 g/mol. The Morgan fingerprint density at radius 2 is 1.00 bits per heavy atom. The standard InChI is InChI=1S/C16H32O2.Mg/c1-2-3-4-5-6-7-8-9-10-11-12-13-14-15-16(17)18;/h2-15H2,1H3,(H,17,18);/q;+1/p-1. The van der Waals surface area contributed by atoms with Crippen LogP contribution in [0.4, 0.5) is 0 Å². The molecule has 0 saturated heterocycles. The molecular formula is C16H31MgO2. The number of carbonyl (C=O) groups is 1. The van der Waals surface area contributed by atoms with Crippen molar-refractivity contribution < 1.29 is 9.90 Å². The second kappa shape index (κ2) is 18.2. The van der Waals surface area contributed by atoms with E-state index >= 15 is 0 Å². The van der Waals surface area contributed by atoms with Gasteiger partial charge in [-0.25, -0.2) is 0 Å². The number of carboxylic acid groups (broad SMARTS) is 1. The van der Waals surface area contributed by atoms with E-state index < -0.39 is 5.97 Å². The molecule has 3 heteroatoms. The topological polar surface area (TPSA) is 40.1 Å². The van der Waals surface area contributed by atoms with Gasteiger partial charge in [-0.05, 0) is 12.8 Å². The first-order chi connectivity index (χ1) is 8.77.